The van der Waals surface area contributed by atoms with E-state index in [1.807, 2.05) is 0 Å². The molecule has 3 N–H and O–H groups in total. The van der Waals surface area contributed by atoms with Crippen LogP contribution in [-0.2, 0) is 6.54 Å². The lowest BCUT2D eigenvalue weighted by molar-refractivity contribution is -0.384. The predicted molar refractivity (Wildman–Crippen MR) is 78.4 cm³/mol. The Kier molecular flexibility index (Phi) is 4.16. The van der Waals surface area contributed by atoms with E-state index in [-0.39, 0.29) is 23.5 Å². The van der Waals surface area contributed by atoms with Crippen LogP contribution in [-0.4, -0.2) is 9.49 Å². The number of nitrogens with two attached hydrogens (primary N) is 1. The van der Waals surface area contributed by atoms with E-state index in [0.717, 1.165) is 0 Å². The lowest BCUT2D eigenvalue weighted by atomic mass is 10.1. The average Bonchev–Trinajstić information content (AvgIpc) is 2.43. The summed E-state index contributed by atoms with van der Waals surface area (Å²) in [6.45, 7) is 0.180. The Morgan fingerprint density at radius 2 is 2.10 bits per heavy atom. The second-order valence-electron chi connectivity index (χ2n) is 4.00. The maximum atomic E-state index is 11.9. The van der Waals surface area contributed by atoms with Gasteiger partial charge in [-0.2, -0.15) is 0 Å². The molecule has 0 radical (unpaired) electrons. The van der Waals surface area contributed by atoms with E-state index >= 15 is 0 Å². The molecule has 1 aromatic carbocycles. The molecule has 0 spiro atoms. The quantitative estimate of drug-likeness (QED) is 0.503. The number of nitrogens with zero attached hydrogens (tertiary/aromatic N) is 2. The minimum absolute atomic E-state index is 0.131. The first kappa shape index (κ1) is 14.2. The zero-order valence-corrected chi connectivity index (χ0v) is 11.8. The number of rotatable bonds is 4. The lowest BCUT2D eigenvalue weighted by Gasteiger charge is -2.11. The van der Waals surface area contributed by atoms with Crippen molar-refractivity contribution in [1.29, 1.82) is 0 Å². The van der Waals surface area contributed by atoms with Gasteiger partial charge in [0.25, 0.3) is 11.2 Å². The summed E-state index contributed by atoms with van der Waals surface area (Å²) in [6, 6.07) is 7.92. The summed E-state index contributed by atoms with van der Waals surface area (Å²) in [7, 11) is 0. The fourth-order valence-corrected chi connectivity index (χ4v) is 2.23. The first-order valence-electron chi connectivity index (χ1n) is 5.62. The summed E-state index contributed by atoms with van der Waals surface area (Å²) in [5.41, 5.74) is 2.74. The Bertz CT molecular complexity index is 714. The number of benzene rings is 1. The third-order valence-corrected chi connectivity index (χ3v) is 3.39. The molecule has 0 unspecified atom stereocenters. The third-order valence-electron chi connectivity index (χ3n) is 2.78. The molecule has 0 saturated carbocycles. The fraction of sp³-hybridized carbons (Fsp3) is 0.0833. The standard InChI is InChI=1S/C12H11BrN4O3/c13-9-4-2-6-16(12(9)18)7-8-3-1-5-10(17(19)20)11(8)15-14/h1-6,15H,7,14H2. The Balaban J connectivity index is 2.49. The highest BCUT2D eigenvalue weighted by Crippen LogP contribution is 2.27. The average molecular weight is 339 g/mol. The van der Waals surface area contributed by atoms with Gasteiger partial charge >= 0.3 is 0 Å². The van der Waals surface area contributed by atoms with Crippen molar-refractivity contribution >= 4 is 27.3 Å². The van der Waals surface area contributed by atoms with Gasteiger partial charge in [-0.1, -0.05) is 12.1 Å². The van der Waals surface area contributed by atoms with Crippen LogP contribution < -0.4 is 16.8 Å². The van der Waals surface area contributed by atoms with Crippen molar-refractivity contribution in [2.75, 3.05) is 5.43 Å². The highest BCUT2D eigenvalue weighted by Gasteiger charge is 2.16. The van der Waals surface area contributed by atoms with Gasteiger partial charge in [0.05, 0.1) is 15.9 Å². The molecule has 7 nitrogen and oxygen atoms in total. The van der Waals surface area contributed by atoms with Crippen LogP contribution in [0, 0.1) is 10.1 Å². The van der Waals surface area contributed by atoms with Crippen LogP contribution in [0.1, 0.15) is 5.56 Å². The number of aromatic nitrogens is 1. The van der Waals surface area contributed by atoms with E-state index in [9.17, 15) is 14.9 Å². The maximum absolute atomic E-state index is 11.9. The molecule has 0 aliphatic rings. The van der Waals surface area contributed by atoms with Gasteiger partial charge in [-0.3, -0.25) is 20.8 Å². The summed E-state index contributed by atoms with van der Waals surface area (Å²) < 4.78 is 1.86. The molecule has 104 valence electrons. The Labute approximate surface area is 122 Å². The van der Waals surface area contributed by atoms with Crippen LogP contribution in [0.25, 0.3) is 0 Å². The van der Waals surface area contributed by atoms with Crippen LogP contribution in [0.15, 0.2) is 45.8 Å². The number of nitro benzene ring substituents is 1. The summed E-state index contributed by atoms with van der Waals surface area (Å²) in [6.07, 6.45) is 1.60. The molecule has 0 aliphatic heterocycles. The monoisotopic (exact) mass is 338 g/mol. The molecule has 2 rings (SSSR count). The van der Waals surface area contributed by atoms with Crippen molar-refractivity contribution in [3.05, 3.63) is 67.0 Å². The van der Waals surface area contributed by atoms with Crippen molar-refractivity contribution in [1.82, 2.24) is 4.57 Å². The number of para-hydroxylation sites is 1. The van der Waals surface area contributed by atoms with Crippen molar-refractivity contribution in [3.63, 3.8) is 0 Å². The van der Waals surface area contributed by atoms with E-state index in [1.165, 1.54) is 10.6 Å². The number of halogens is 1. The van der Waals surface area contributed by atoms with Gasteiger partial charge < -0.3 is 9.99 Å². The lowest BCUT2D eigenvalue weighted by Crippen LogP contribution is -2.21. The van der Waals surface area contributed by atoms with Crippen LogP contribution in [0.3, 0.4) is 0 Å². The van der Waals surface area contributed by atoms with Crippen molar-refractivity contribution in [2.45, 2.75) is 6.54 Å². The number of nitrogen functional groups attached to an aromatic ring is 1. The molecular formula is C12H11BrN4O3. The van der Waals surface area contributed by atoms with Gasteiger partial charge in [0.1, 0.15) is 5.69 Å². The summed E-state index contributed by atoms with van der Waals surface area (Å²) >= 11 is 3.15. The maximum Gasteiger partial charge on any atom is 0.293 e. The molecule has 0 atom stereocenters. The smallest absolute Gasteiger partial charge is 0.293 e. The highest BCUT2D eigenvalue weighted by atomic mass is 79.9. The van der Waals surface area contributed by atoms with Gasteiger partial charge in [-0.05, 0) is 28.1 Å². The fourth-order valence-electron chi connectivity index (χ4n) is 1.85. The number of hydrazine groups is 1. The summed E-state index contributed by atoms with van der Waals surface area (Å²) in [5.74, 6) is 5.36. The highest BCUT2D eigenvalue weighted by molar-refractivity contribution is 9.10. The minimum atomic E-state index is -0.525. The molecule has 20 heavy (non-hydrogen) atoms. The van der Waals surface area contributed by atoms with Crippen LogP contribution in [0.2, 0.25) is 0 Å². The van der Waals surface area contributed by atoms with Crippen molar-refractivity contribution < 1.29 is 4.92 Å². The molecule has 8 heteroatoms. The largest absolute Gasteiger partial charge is 0.318 e. The molecule has 2 aromatic rings. The van der Waals surface area contributed by atoms with E-state index in [2.05, 4.69) is 21.4 Å². The Hall–Kier alpha value is -2.19. The van der Waals surface area contributed by atoms with Crippen molar-refractivity contribution in [2.24, 2.45) is 5.84 Å². The van der Waals surface area contributed by atoms with Gasteiger partial charge in [-0.25, -0.2) is 0 Å². The van der Waals surface area contributed by atoms with Crippen molar-refractivity contribution in [3.8, 4) is 0 Å². The SMILES string of the molecule is NNc1c(Cn2cccc(Br)c2=O)cccc1[N+](=O)[O-]. The van der Waals surface area contributed by atoms with Crippen LogP contribution in [0.5, 0.6) is 0 Å². The normalized spacial score (nSPS) is 10.3. The Morgan fingerprint density at radius 3 is 2.75 bits per heavy atom. The predicted octanol–water partition coefficient (Wildman–Crippen LogP) is 1.85. The molecule has 0 aliphatic carbocycles. The zero-order valence-electron chi connectivity index (χ0n) is 10.2. The summed E-state index contributed by atoms with van der Waals surface area (Å²) in [4.78, 5) is 22.3. The first-order valence-corrected chi connectivity index (χ1v) is 6.41. The number of pyridine rings is 1. The molecule has 0 bridgehead atoms. The molecule has 1 aromatic heterocycles. The summed E-state index contributed by atoms with van der Waals surface area (Å²) in [5, 5.41) is 10.9. The molecule has 0 amide bonds. The number of nitro groups is 1. The second kappa shape index (κ2) is 5.85. The zero-order chi connectivity index (χ0) is 14.7. The number of anilines is 1. The number of hydrogen-bond acceptors (Lipinski definition) is 5. The topological polar surface area (TPSA) is 103 Å². The van der Waals surface area contributed by atoms with E-state index in [0.29, 0.717) is 10.0 Å². The molecular weight excluding hydrogens is 328 g/mol. The van der Waals surface area contributed by atoms with Crippen LogP contribution >= 0.6 is 15.9 Å². The number of nitrogens with one attached hydrogen (secondary N) is 1. The van der Waals surface area contributed by atoms with E-state index in [1.54, 1.807) is 30.5 Å². The number of hydrogen-bond donors (Lipinski definition) is 2. The van der Waals surface area contributed by atoms with E-state index < -0.39 is 4.92 Å². The van der Waals surface area contributed by atoms with Gasteiger partial charge in [0.15, 0.2) is 0 Å². The first-order chi connectivity index (χ1) is 9.54. The van der Waals surface area contributed by atoms with Gasteiger partial charge in [0.2, 0.25) is 0 Å². The molecule has 0 saturated heterocycles. The van der Waals surface area contributed by atoms with E-state index in [4.69, 9.17) is 5.84 Å². The Morgan fingerprint density at radius 1 is 1.35 bits per heavy atom. The van der Waals surface area contributed by atoms with Crippen LogP contribution in [0.4, 0.5) is 11.4 Å². The van der Waals surface area contributed by atoms with Gasteiger partial charge in [-0.15, -0.1) is 0 Å². The molecule has 1 heterocycles. The minimum Gasteiger partial charge on any atom is -0.318 e. The molecule has 0 fully saturated rings. The van der Waals surface area contributed by atoms with Gasteiger partial charge in [0, 0.05) is 17.8 Å². The third kappa shape index (κ3) is 2.70. The second-order valence-corrected chi connectivity index (χ2v) is 4.86.